The van der Waals surface area contributed by atoms with Crippen LogP contribution < -0.4 is 0 Å². The normalized spacial score (nSPS) is 11.7. The number of aryl methyl sites for hydroxylation is 1. The quantitative estimate of drug-likeness (QED) is 0.545. The van der Waals surface area contributed by atoms with E-state index in [1.807, 2.05) is 39.8 Å². The number of fused-ring (bicyclic) bond motifs is 1. The maximum absolute atomic E-state index is 12.8. The second kappa shape index (κ2) is 8.97. The number of hydrogen-bond donors (Lipinski definition) is 0. The van der Waals surface area contributed by atoms with Gasteiger partial charge in [0.25, 0.3) is 0 Å². The van der Waals surface area contributed by atoms with Crippen LogP contribution in [-0.2, 0) is 16.0 Å². The molecular weight excluding hydrogens is 406 g/mol. The van der Waals surface area contributed by atoms with Crippen molar-refractivity contribution < 1.29 is 14.3 Å². The Morgan fingerprint density at radius 1 is 1.30 bits per heavy atom. The van der Waals surface area contributed by atoms with E-state index in [4.69, 9.17) is 21.1 Å². The third kappa shape index (κ3) is 5.25. The number of carbonyl (C=O) groups is 1. The van der Waals surface area contributed by atoms with Crippen molar-refractivity contribution in [3.8, 4) is 5.69 Å². The van der Waals surface area contributed by atoms with Gasteiger partial charge in [-0.2, -0.15) is 5.10 Å². The first-order chi connectivity index (χ1) is 14.2. The predicted molar refractivity (Wildman–Crippen MR) is 115 cm³/mol. The van der Waals surface area contributed by atoms with Gasteiger partial charge in [-0.15, -0.1) is 0 Å². The van der Waals surface area contributed by atoms with Crippen LogP contribution in [0.1, 0.15) is 32.2 Å². The molecule has 0 aliphatic heterocycles. The number of rotatable bonds is 6. The predicted octanol–water partition coefficient (Wildman–Crippen LogP) is 4.16. The van der Waals surface area contributed by atoms with Crippen LogP contribution in [0.25, 0.3) is 16.6 Å². The molecule has 0 atom stereocenters. The Bertz CT molecular complexity index is 1040. The van der Waals surface area contributed by atoms with Crippen molar-refractivity contribution in [1.29, 1.82) is 0 Å². The van der Waals surface area contributed by atoms with Gasteiger partial charge in [0.05, 0.1) is 36.2 Å². The lowest BCUT2D eigenvalue weighted by molar-refractivity contribution is 0.0182. The van der Waals surface area contributed by atoms with E-state index < -0.39 is 11.7 Å². The molecule has 0 aliphatic rings. The molecule has 0 radical (unpaired) electrons. The van der Waals surface area contributed by atoms with Crippen molar-refractivity contribution in [2.45, 2.75) is 39.8 Å². The van der Waals surface area contributed by atoms with Gasteiger partial charge < -0.3 is 9.47 Å². The summed E-state index contributed by atoms with van der Waals surface area (Å²) in [5.41, 5.74) is 2.50. The standard InChI is InChI=1S/C21H26ClN5O3/c1-14-10-16(6-7-23-14)27-19-15(12-24-27)11-18(22)25-17(19)13-26(8-9-29-5)20(28)30-21(2,3)4/h6-7,10-12H,8-9,13H2,1-5H3. The number of nitrogens with zero attached hydrogens (tertiary/aromatic N) is 5. The van der Waals surface area contributed by atoms with E-state index in [1.165, 1.54) is 0 Å². The summed E-state index contributed by atoms with van der Waals surface area (Å²) in [6.07, 6.45) is 3.02. The molecule has 1 amide bonds. The summed E-state index contributed by atoms with van der Waals surface area (Å²) in [6, 6.07) is 5.56. The van der Waals surface area contributed by atoms with Crippen molar-refractivity contribution in [1.82, 2.24) is 24.6 Å². The molecule has 0 aromatic carbocycles. The first-order valence-corrected chi connectivity index (χ1v) is 9.99. The molecule has 9 heteroatoms. The molecule has 160 valence electrons. The lowest BCUT2D eigenvalue weighted by atomic mass is 10.2. The van der Waals surface area contributed by atoms with Crippen molar-refractivity contribution in [3.63, 3.8) is 0 Å². The summed E-state index contributed by atoms with van der Waals surface area (Å²) in [6.45, 7) is 8.32. The van der Waals surface area contributed by atoms with E-state index in [9.17, 15) is 4.79 Å². The topological polar surface area (TPSA) is 82.4 Å². The highest BCUT2D eigenvalue weighted by atomic mass is 35.5. The first-order valence-electron chi connectivity index (χ1n) is 9.61. The van der Waals surface area contributed by atoms with Crippen LogP contribution >= 0.6 is 11.6 Å². The maximum atomic E-state index is 12.8. The van der Waals surface area contributed by atoms with E-state index in [1.54, 1.807) is 35.2 Å². The number of ether oxygens (including phenoxy) is 2. The molecule has 0 unspecified atom stereocenters. The van der Waals surface area contributed by atoms with Gasteiger partial charge in [0.2, 0.25) is 0 Å². The summed E-state index contributed by atoms with van der Waals surface area (Å²) in [7, 11) is 1.59. The molecule has 3 rings (SSSR count). The smallest absolute Gasteiger partial charge is 0.410 e. The number of hydrogen-bond acceptors (Lipinski definition) is 6. The zero-order chi connectivity index (χ0) is 21.9. The Morgan fingerprint density at radius 2 is 2.07 bits per heavy atom. The van der Waals surface area contributed by atoms with Crippen LogP contribution in [0, 0.1) is 6.92 Å². The van der Waals surface area contributed by atoms with Crippen molar-refractivity contribution in [2.24, 2.45) is 0 Å². The molecule has 3 aromatic heterocycles. The minimum atomic E-state index is -0.615. The van der Waals surface area contributed by atoms with E-state index in [-0.39, 0.29) is 6.54 Å². The third-order valence-corrected chi connectivity index (χ3v) is 4.46. The van der Waals surface area contributed by atoms with Crippen LogP contribution in [0.4, 0.5) is 4.79 Å². The molecule has 0 bridgehead atoms. The Labute approximate surface area is 180 Å². The molecule has 0 N–H and O–H groups in total. The average Bonchev–Trinajstić information content (AvgIpc) is 3.07. The van der Waals surface area contributed by atoms with E-state index in [2.05, 4.69) is 15.1 Å². The molecule has 0 saturated heterocycles. The van der Waals surface area contributed by atoms with Crippen LogP contribution in [0.5, 0.6) is 0 Å². The largest absolute Gasteiger partial charge is 0.444 e. The second-order valence-electron chi connectivity index (χ2n) is 7.94. The van der Waals surface area contributed by atoms with Crippen LogP contribution in [-0.4, -0.2) is 56.6 Å². The van der Waals surface area contributed by atoms with Crippen molar-refractivity contribution >= 4 is 28.6 Å². The number of halogens is 1. The number of aromatic nitrogens is 4. The number of methoxy groups -OCH3 is 1. The lowest BCUT2D eigenvalue weighted by Crippen LogP contribution is -2.38. The summed E-state index contributed by atoms with van der Waals surface area (Å²) in [4.78, 5) is 23.1. The highest BCUT2D eigenvalue weighted by Crippen LogP contribution is 2.25. The van der Waals surface area contributed by atoms with Gasteiger partial charge >= 0.3 is 6.09 Å². The molecule has 8 nitrogen and oxygen atoms in total. The van der Waals surface area contributed by atoms with E-state index in [0.29, 0.717) is 24.0 Å². The fourth-order valence-electron chi connectivity index (χ4n) is 3.01. The Hall–Kier alpha value is -2.71. The van der Waals surface area contributed by atoms with Crippen LogP contribution in [0.15, 0.2) is 30.6 Å². The van der Waals surface area contributed by atoms with Gasteiger partial charge in [0, 0.05) is 30.9 Å². The number of carbonyl (C=O) groups excluding carboxylic acids is 1. The van der Waals surface area contributed by atoms with Crippen LogP contribution in [0.2, 0.25) is 5.15 Å². The van der Waals surface area contributed by atoms with Crippen molar-refractivity contribution in [2.75, 3.05) is 20.3 Å². The summed E-state index contributed by atoms with van der Waals surface area (Å²) >= 11 is 6.26. The minimum Gasteiger partial charge on any atom is -0.444 e. The van der Waals surface area contributed by atoms with Gasteiger partial charge in [0.1, 0.15) is 10.8 Å². The molecule has 3 aromatic rings. The summed E-state index contributed by atoms with van der Waals surface area (Å²) in [5.74, 6) is 0. The maximum Gasteiger partial charge on any atom is 0.410 e. The van der Waals surface area contributed by atoms with Crippen molar-refractivity contribution in [3.05, 3.63) is 47.1 Å². The molecular formula is C21H26ClN5O3. The summed E-state index contributed by atoms with van der Waals surface area (Å²) < 4.78 is 12.5. The van der Waals surface area contributed by atoms with Gasteiger partial charge in [-0.05, 0) is 45.9 Å². The highest BCUT2D eigenvalue weighted by molar-refractivity contribution is 6.30. The molecule has 3 heterocycles. The van der Waals surface area contributed by atoms with E-state index in [0.717, 1.165) is 22.3 Å². The molecule has 0 spiro atoms. The molecule has 0 aliphatic carbocycles. The SMILES string of the molecule is COCCN(Cc1nc(Cl)cc2cnn(-c3ccnc(C)c3)c12)C(=O)OC(C)(C)C. The van der Waals surface area contributed by atoms with E-state index >= 15 is 0 Å². The van der Waals surface area contributed by atoms with Gasteiger partial charge in [-0.1, -0.05) is 11.6 Å². The van der Waals surface area contributed by atoms with Gasteiger partial charge in [-0.3, -0.25) is 9.88 Å². The minimum absolute atomic E-state index is 0.199. The second-order valence-corrected chi connectivity index (χ2v) is 8.32. The summed E-state index contributed by atoms with van der Waals surface area (Å²) in [5, 5.41) is 5.67. The Morgan fingerprint density at radius 3 is 2.73 bits per heavy atom. The Kier molecular flexibility index (Phi) is 6.58. The average molecular weight is 432 g/mol. The fraction of sp³-hybridized carbons (Fsp3) is 0.429. The first kappa shape index (κ1) is 22.0. The van der Waals surface area contributed by atoms with Crippen LogP contribution in [0.3, 0.4) is 0 Å². The third-order valence-electron chi connectivity index (χ3n) is 4.27. The molecule has 0 saturated carbocycles. The molecule has 0 fully saturated rings. The monoisotopic (exact) mass is 431 g/mol. The number of pyridine rings is 2. The van der Waals surface area contributed by atoms with Gasteiger partial charge in [-0.25, -0.2) is 14.5 Å². The lowest BCUT2D eigenvalue weighted by Gasteiger charge is -2.27. The zero-order valence-corrected chi connectivity index (χ0v) is 18.6. The van der Waals surface area contributed by atoms with Gasteiger partial charge in [0.15, 0.2) is 0 Å². The molecule has 30 heavy (non-hydrogen) atoms. The number of amides is 1. The zero-order valence-electron chi connectivity index (χ0n) is 17.8. The highest BCUT2D eigenvalue weighted by Gasteiger charge is 2.24. The Balaban J connectivity index is 2.04. The fourth-order valence-corrected chi connectivity index (χ4v) is 3.23.